The second-order valence-electron chi connectivity index (χ2n) is 19.4. The molecular weight excluding hydrogens is 791 g/mol. The van der Waals surface area contributed by atoms with Crippen molar-refractivity contribution in [2.24, 2.45) is 5.41 Å². The van der Waals surface area contributed by atoms with E-state index in [-0.39, 0.29) is 16.2 Å². The third-order valence-electron chi connectivity index (χ3n) is 15.5. The van der Waals surface area contributed by atoms with Crippen LogP contribution in [0.3, 0.4) is 0 Å². The largest absolute Gasteiger partial charge is 0.309 e. The molecule has 0 aliphatic heterocycles. The highest BCUT2D eigenvalue weighted by Gasteiger charge is 2.57. The third-order valence-corrected chi connectivity index (χ3v) is 15.5. The van der Waals surface area contributed by atoms with E-state index in [2.05, 4.69) is 202 Å². The van der Waals surface area contributed by atoms with Gasteiger partial charge in [-0.1, -0.05) is 151 Å². The normalized spacial score (nSPS) is 15.0. The van der Waals surface area contributed by atoms with Crippen molar-refractivity contribution in [2.45, 2.75) is 52.4 Å². The Kier molecular flexibility index (Phi) is 8.51. The van der Waals surface area contributed by atoms with E-state index in [1.807, 2.05) is 36.4 Å². The van der Waals surface area contributed by atoms with Crippen molar-refractivity contribution in [2.75, 3.05) is 0 Å². The van der Waals surface area contributed by atoms with E-state index in [4.69, 9.17) is 15.0 Å². The summed E-state index contributed by atoms with van der Waals surface area (Å²) in [5, 5.41) is 4.85. The SMILES string of the molecule is CC1(C)c2cc3c4cc(-c5ccc6c(c5)c5cc(-c7nc(-c8ccccc8)nc(-c8ccccc8)n7)ccc5n6-c5ccccc5)ccc4n(-c4ccccc4)c3cc2C(C)(C)C1(C)C. The van der Waals surface area contributed by atoms with Crippen molar-refractivity contribution in [3.05, 3.63) is 199 Å². The molecule has 65 heavy (non-hydrogen) atoms. The molecule has 0 fully saturated rings. The molecule has 5 nitrogen and oxygen atoms in total. The first-order valence-electron chi connectivity index (χ1n) is 22.7. The van der Waals surface area contributed by atoms with Gasteiger partial charge in [0, 0.05) is 49.6 Å². The quantitative estimate of drug-likeness (QED) is 0.168. The summed E-state index contributed by atoms with van der Waals surface area (Å²) in [5.74, 6) is 1.93. The van der Waals surface area contributed by atoms with Crippen LogP contribution >= 0.6 is 0 Å². The maximum atomic E-state index is 5.11. The molecule has 3 heterocycles. The number of para-hydroxylation sites is 2. The van der Waals surface area contributed by atoms with Crippen LogP contribution in [-0.2, 0) is 10.8 Å². The highest BCUT2D eigenvalue weighted by molar-refractivity contribution is 6.13. The lowest BCUT2D eigenvalue weighted by atomic mass is 9.59. The van der Waals surface area contributed by atoms with E-state index >= 15 is 0 Å². The molecule has 3 aromatic heterocycles. The number of rotatable bonds is 6. The zero-order chi connectivity index (χ0) is 44.2. The zero-order valence-electron chi connectivity index (χ0n) is 37.6. The minimum Gasteiger partial charge on any atom is -0.309 e. The molecule has 1 aliphatic carbocycles. The van der Waals surface area contributed by atoms with Crippen LogP contribution in [0.2, 0.25) is 0 Å². The second-order valence-corrected chi connectivity index (χ2v) is 19.4. The van der Waals surface area contributed by atoms with E-state index in [0.717, 1.165) is 38.8 Å². The van der Waals surface area contributed by atoms with E-state index < -0.39 is 0 Å². The number of aromatic nitrogens is 5. The number of hydrogen-bond donors (Lipinski definition) is 0. The molecule has 0 saturated heterocycles. The predicted octanol–water partition coefficient (Wildman–Crippen LogP) is 15.3. The lowest BCUT2D eigenvalue weighted by Gasteiger charge is -2.44. The van der Waals surface area contributed by atoms with E-state index in [1.165, 1.54) is 55.1 Å². The van der Waals surface area contributed by atoms with Crippen LogP contribution in [0.4, 0.5) is 0 Å². The first kappa shape index (κ1) is 39.0. The van der Waals surface area contributed by atoms with Crippen molar-refractivity contribution in [3.8, 4) is 56.7 Å². The summed E-state index contributed by atoms with van der Waals surface area (Å²) in [7, 11) is 0. The minimum atomic E-state index is -0.0107. The van der Waals surface area contributed by atoms with Crippen LogP contribution < -0.4 is 0 Å². The summed E-state index contributed by atoms with van der Waals surface area (Å²) in [6.45, 7) is 14.6. The molecule has 0 unspecified atom stereocenters. The molecule has 1 aliphatic rings. The van der Waals surface area contributed by atoms with Crippen molar-refractivity contribution < 1.29 is 0 Å². The van der Waals surface area contributed by atoms with E-state index in [0.29, 0.717) is 17.5 Å². The lowest BCUT2D eigenvalue weighted by Crippen LogP contribution is -2.42. The molecule has 0 spiro atoms. The van der Waals surface area contributed by atoms with Gasteiger partial charge in [-0.2, -0.15) is 0 Å². The molecule has 0 saturated carbocycles. The topological polar surface area (TPSA) is 48.5 Å². The molecular formula is C60H49N5. The monoisotopic (exact) mass is 839 g/mol. The Labute approximate surface area is 379 Å². The maximum absolute atomic E-state index is 5.11. The average molecular weight is 840 g/mol. The van der Waals surface area contributed by atoms with Crippen LogP contribution in [0.1, 0.15) is 52.7 Å². The van der Waals surface area contributed by atoms with E-state index in [1.54, 1.807) is 0 Å². The van der Waals surface area contributed by atoms with Gasteiger partial charge in [-0.25, -0.2) is 15.0 Å². The summed E-state index contributed by atoms with van der Waals surface area (Å²) >= 11 is 0. The van der Waals surface area contributed by atoms with Gasteiger partial charge in [0.05, 0.1) is 22.1 Å². The lowest BCUT2D eigenvalue weighted by molar-refractivity contribution is 0.125. The van der Waals surface area contributed by atoms with Gasteiger partial charge in [-0.05, 0) is 117 Å². The van der Waals surface area contributed by atoms with Gasteiger partial charge in [0.2, 0.25) is 0 Å². The molecule has 0 bridgehead atoms. The van der Waals surface area contributed by atoms with E-state index in [9.17, 15) is 0 Å². The summed E-state index contributed by atoms with van der Waals surface area (Å²) in [6, 6.07) is 67.5. The van der Waals surface area contributed by atoms with Gasteiger partial charge in [0.25, 0.3) is 0 Å². The highest BCUT2D eigenvalue weighted by Crippen LogP contribution is 2.62. The second kappa shape index (κ2) is 14.2. The Hall–Kier alpha value is -7.63. The van der Waals surface area contributed by atoms with Gasteiger partial charge >= 0.3 is 0 Å². The Morgan fingerprint density at radius 1 is 0.308 bits per heavy atom. The van der Waals surface area contributed by atoms with Gasteiger partial charge in [-0.15, -0.1) is 0 Å². The average Bonchev–Trinajstić information content (AvgIpc) is 3.88. The molecule has 0 amide bonds. The van der Waals surface area contributed by atoms with Crippen LogP contribution in [0, 0.1) is 5.41 Å². The van der Waals surface area contributed by atoms with Crippen LogP contribution in [-0.4, -0.2) is 24.1 Å². The summed E-state index contributed by atoms with van der Waals surface area (Å²) in [6.07, 6.45) is 0. The molecule has 11 aromatic rings. The Morgan fingerprint density at radius 2 is 0.646 bits per heavy atom. The van der Waals surface area contributed by atoms with Gasteiger partial charge < -0.3 is 9.13 Å². The van der Waals surface area contributed by atoms with Crippen molar-refractivity contribution >= 4 is 43.6 Å². The third kappa shape index (κ3) is 5.81. The van der Waals surface area contributed by atoms with Crippen molar-refractivity contribution in [1.29, 1.82) is 0 Å². The van der Waals surface area contributed by atoms with Crippen LogP contribution in [0.5, 0.6) is 0 Å². The Bertz CT molecular complexity index is 3600. The first-order chi connectivity index (χ1) is 31.5. The highest BCUT2D eigenvalue weighted by atomic mass is 15.0. The fraction of sp³-hybridized carbons (Fsp3) is 0.150. The predicted molar refractivity (Wildman–Crippen MR) is 270 cm³/mol. The Balaban J connectivity index is 1.07. The minimum absolute atomic E-state index is 0.00471. The zero-order valence-corrected chi connectivity index (χ0v) is 37.6. The molecule has 0 radical (unpaired) electrons. The summed E-state index contributed by atoms with van der Waals surface area (Å²) in [4.78, 5) is 15.2. The number of benzene rings is 8. The van der Waals surface area contributed by atoms with Crippen LogP contribution in [0.15, 0.2) is 188 Å². The van der Waals surface area contributed by atoms with Gasteiger partial charge in [0.15, 0.2) is 17.5 Å². The summed E-state index contributed by atoms with van der Waals surface area (Å²) in [5.41, 5.74) is 15.1. The number of hydrogen-bond acceptors (Lipinski definition) is 3. The molecule has 12 rings (SSSR count). The van der Waals surface area contributed by atoms with Gasteiger partial charge in [-0.3, -0.25) is 0 Å². The molecule has 314 valence electrons. The maximum Gasteiger partial charge on any atom is 0.164 e. The smallest absolute Gasteiger partial charge is 0.164 e. The fourth-order valence-electron chi connectivity index (χ4n) is 10.7. The molecule has 0 N–H and O–H groups in total. The van der Waals surface area contributed by atoms with Crippen LogP contribution in [0.25, 0.3) is 100 Å². The molecule has 8 aromatic carbocycles. The molecule has 0 atom stereocenters. The Morgan fingerprint density at radius 3 is 1.09 bits per heavy atom. The molecule has 5 heteroatoms. The summed E-state index contributed by atoms with van der Waals surface area (Å²) < 4.78 is 4.84. The number of fused-ring (bicyclic) bond motifs is 7. The number of nitrogens with zero attached hydrogens (tertiary/aromatic N) is 5. The fourth-order valence-corrected chi connectivity index (χ4v) is 10.7. The first-order valence-corrected chi connectivity index (χ1v) is 22.7. The van der Waals surface area contributed by atoms with Gasteiger partial charge in [0.1, 0.15) is 0 Å². The standard InChI is InChI=1S/C60H49N5/c1-58(2)49-36-48-46-34-41(28-31-53(46)65(44-25-17-10-18-26-44)54(48)37-50(49)59(3,4)60(58,5)6)40-27-30-51-45(33-40)47-35-42(29-32-52(47)64(51)43-23-15-9-16-24-43)57-62-55(38-19-11-7-12-20-38)61-56(63-57)39-21-13-8-14-22-39/h7-37H,1-6H3. The van der Waals surface area contributed by atoms with Crippen molar-refractivity contribution in [1.82, 2.24) is 24.1 Å². The van der Waals surface area contributed by atoms with Crippen molar-refractivity contribution in [3.63, 3.8) is 0 Å².